The van der Waals surface area contributed by atoms with Gasteiger partial charge < -0.3 is 15.6 Å². The zero-order chi connectivity index (χ0) is 7.56. The molecule has 3 N–H and O–H groups in total. The molecular weight excluding hydrogens is 134 g/mol. The summed E-state index contributed by atoms with van der Waals surface area (Å²) in [6.07, 6.45) is 0.174. The number of aliphatic hydroxyl groups is 1. The van der Waals surface area contributed by atoms with Gasteiger partial charge >= 0.3 is 0 Å². The van der Waals surface area contributed by atoms with Crippen molar-refractivity contribution in [2.24, 2.45) is 11.7 Å². The van der Waals surface area contributed by atoms with Crippen molar-refractivity contribution < 1.29 is 14.6 Å². The number of ether oxygens (including phenoxy) is 1. The van der Waals surface area contributed by atoms with Gasteiger partial charge in [0.25, 0.3) is 0 Å². The molecule has 0 aromatic carbocycles. The first-order valence-corrected chi connectivity index (χ1v) is 3.29. The largest absolute Gasteiger partial charge is 0.369 e. The third-order valence-corrected chi connectivity index (χ3v) is 1.67. The van der Waals surface area contributed by atoms with Gasteiger partial charge in [0.1, 0.15) is 0 Å². The molecule has 0 saturated carbocycles. The van der Waals surface area contributed by atoms with Crippen molar-refractivity contribution in [1.29, 1.82) is 0 Å². The van der Waals surface area contributed by atoms with E-state index in [0.29, 0.717) is 19.4 Å². The first kappa shape index (κ1) is 7.50. The molecule has 0 spiro atoms. The standard InChI is InChI=1S/C6H11NO3/c7-6(9)4-1-2-10-5(8)3-4/h4-5,8H,1-3H2,(H2,7,9). The van der Waals surface area contributed by atoms with Crippen LogP contribution in [0.3, 0.4) is 0 Å². The van der Waals surface area contributed by atoms with Crippen molar-refractivity contribution in [1.82, 2.24) is 0 Å². The van der Waals surface area contributed by atoms with Gasteiger partial charge in [-0.05, 0) is 6.42 Å². The predicted molar refractivity (Wildman–Crippen MR) is 33.9 cm³/mol. The van der Waals surface area contributed by atoms with Gasteiger partial charge in [0.2, 0.25) is 5.91 Å². The quantitative estimate of drug-likeness (QED) is 0.508. The van der Waals surface area contributed by atoms with Crippen LogP contribution in [0.25, 0.3) is 0 Å². The molecule has 1 aliphatic heterocycles. The molecule has 4 nitrogen and oxygen atoms in total. The smallest absolute Gasteiger partial charge is 0.220 e. The Morgan fingerprint density at radius 1 is 1.70 bits per heavy atom. The molecule has 0 radical (unpaired) electrons. The van der Waals surface area contributed by atoms with E-state index in [4.69, 9.17) is 15.6 Å². The Labute approximate surface area is 59.0 Å². The average molecular weight is 145 g/mol. The highest BCUT2D eigenvalue weighted by Crippen LogP contribution is 2.17. The lowest BCUT2D eigenvalue weighted by Gasteiger charge is -2.23. The second kappa shape index (κ2) is 2.98. The van der Waals surface area contributed by atoms with Crippen LogP contribution in [0, 0.1) is 5.92 Å². The molecule has 1 saturated heterocycles. The lowest BCUT2D eigenvalue weighted by Crippen LogP contribution is -2.33. The van der Waals surface area contributed by atoms with Crippen molar-refractivity contribution in [3.05, 3.63) is 0 Å². The molecule has 58 valence electrons. The fraction of sp³-hybridized carbons (Fsp3) is 0.833. The number of amides is 1. The molecule has 0 bridgehead atoms. The summed E-state index contributed by atoms with van der Waals surface area (Å²) >= 11 is 0. The second-order valence-corrected chi connectivity index (χ2v) is 2.45. The van der Waals surface area contributed by atoms with Crippen LogP contribution in [0.15, 0.2) is 0 Å². The van der Waals surface area contributed by atoms with E-state index in [1.54, 1.807) is 0 Å². The summed E-state index contributed by atoms with van der Waals surface area (Å²) in [5.74, 6) is -0.550. The summed E-state index contributed by atoms with van der Waals surface area (Å²) in [5.41, 5.74) is 5.02. The van der Waals surface area contributed by atoms with Crippen LogP contribution >= 0.6 is 0 Å². The van der Waals surface area contributed by atoms with E-state index in [1.165, 1.54) is 0 Å². The average Bonchev–Trinajstić information content (AvgIpc) is 1.88. The number of primary amides is 1. The molecule has 2 atom stereocenters. The Kier molecular flexibility index (Phi) is 2.24. The summed E-state index contributed by atoms with van der Waals surface area (Å²) in [4.78, 5) is 10.6. The maximum atomic E-state index is 10.6. The van der Waals surface area contributed by atoms with Gasteiger partial charge in [-0.15, -0.1) is 0 Å². The van der Waals surface area contributed by atoms with E-state index in [2.05, 4.69) is 0 Å². The van der Waals surface area contributed by atoms with Crippen molar-refractivity contribution in [3.8, 4) is 0 Å². The second-order valence-electron chi connectivity index (χ2n) is 2.45. The highest BCUT2D eigenvalue weighted by atomic mass is 16.6. The zero-order valence-corrected chi connectivity index (χ0v) is 5.62. The lowest BCUT2D eigenvalue weighted by atomic mass is 9.99. The summed E-state index contributed by atoms with van der Waals surface area (Å²) < 4.78 is 4.81. The van der Waals surface area contributed by atoms with E-state index in [-0.39, 0.29) is 11.8 Å². The van der Waals surface area contributed by atoms with E-state index in [9.17, 15) is 4.79 Å². The van der Waals surface area contributed by atoms with E-state index in [0.717, 1.165) is 0 Å². The Balaban J connectivity index is 2.39. The first-order valence-electron chi connectivity index (χ1n) is 3.29. The van der Waals surface area contributed by atoms with Crippen LogP contribution in [0.5, 0.6) is 0 Å². The van der Waals surface area contributed by atoms with E-state index in [1.807, 2.05) is 0 Å². The van der Waals surface area contributed by atoms with Crippen molar-refractivity contribution in [3.63, 3.8) is 0 Å². The van der Waals surface area contributed by atoms with Crippen LogP contribution in [-0.2, 0) is 9.53 Å². The Morgan fingerprint density at radius 3 is 2.80 bits per heavy atom. The molecule has 0 aromatic rings. The lowest BCUT2D eigenvalue weighted by molar-refractivity contribution is -0.151. The molecule has 0 aliphatic carbocycles. The molecule has 1 rings (SSSR count). The summed E-state index contributed by atoms with van der Waals surface area (Å²) in [7, 11) is 0. The van der Waals surface area contributed by atoms with Gasteiger partial charge in [0, 0.05) is 12.3 Å². The van der Waals surface area contributed by atoms with E-state index >= 15 is 0 Å². The number of aliphatic hydroxyl groups excluding tert-OH is 1. The molecule has 1 aliphatic rings. The number of nitrogens with two attached hydrogens (primary N) is 1. The third-order valence-electron chi connectivity index (χ3n) is 1.67. The zero-order valence-electron chi connectivity index (χ0n) is 5.62. The van der Waals surface area contributed by atoms with Gasteiger partial charge in [-0.3, -0.25) is 4.79 Å². The van der Waals surface area contributed by atoms with Crippen LogP contribution < -0.4 is 5.73 Å². The molecule has 0 aromatic heterocycles. The first-order chi connectivity index (χ1) is 4.70. The highest BCUT2D eigenvalue weighted by molar-refractivity contribution is 5.76. The van der Waals surface area contributed by atoms with Gasteiger partial charge in [0.15, 0.2) is 6.29 Å². The number of carbonyl (C=O) groups excluding carboxylic acids is 1. The van der Waals surface area contributed by atoms with Crippen LogP contribution in [0.2, 0.25) is 0 Å². The molecule has 2 unspecified atom stereocenters. The SMILES string of the molecule is NC(=O)C1CCOC(O)C1. The Morgan fingerprint density at radius 2 is 2.40 bits per heavy atom. The highest BCUT2D eigenvalue weighted by Gasteiger charge is 2.24. The number of carbonyl (C=O) groups is 1. The monoisotopic (exact) mass is 145 g/mol. The minimum absolute atomic E-state index is 0.205. The summed E-state index contributed by atoms with van der Waals surface area (Å²) in [6.45, 7) is 0.425. The predicted octanol–water partition coefficient (Wildman–Crippen LogP) is -0.783. The van der Waals surface area contributed by atoms with Crippen LogP contribution in [0.1, 0.15) is 12.8 Å². The van der Waals surface area contributed by atoms with Gasteiger partial charge in [-0.2, -0.15) is 0 Å². The van der Waals surface area contributed by atoms with Gasteiger partial charge in [0.05, 0.1) is 6.61 Å². The molecule has 1 amide bonds. The Bertz CT molecular complexity index is 137. The molecule has 1 heterocycles. The van der Waals surface area contributed by atoms with Crippen molar-refractivity contribution >= 4 is 5.91 Å². The maximum Gasteiger partial charge on any atom is 0.220 e. The fourth-order valence-corrected chi connectivity index (χ4v) is 1.03. The van der Waals surface area contributed by atoms with Gasteiger partial charge in [-0.1, -0.05) is 0 Å². The maximum absolute atomic E-state index is 10.6. The number of hydrogen-bond donors (Lipinski definition) is 2. The van der Waals surface area contributed by atoms with Crippen molar-refractivity contribution in [2.45, 2.75) is 19.1 Å². The molecule has 1 fully saturated rings. The number of hydrogen-bond acceptors (Lipinski definition) is 3. The van der Waals surface area contributed by atoms with E-state index < -0.39 is 6.29 Å². The number of rotatable bonds is 1. The third kappa shape index (κ3) is 1.68. The normalized spacial score (nSPS) is 33.7. The topological polar surface area (TPSA) is 72.6 Å². The minimum Gasteiger partial charge on any atom is -0.369 e. The Hall–Kier alpha value is -0.610. The molecule has 4 heteroatoms. The van der Waals surface area contributed by atoms with Gasteiger partial charge in [-0.25, -0.2) is 0 Å². The van der Waals surface area contributed by atoms with Crippen molar-refractivity contribution in [2.75, 3.05) is 6.61 Å². The fourth-order valence-electron chi connectivity index (χ4n) is 1.03. The summed E-state index contributed by atoms with van der Waals surface area (Å²) in [5, 5.41) is 8.90. The molecule has 10 heavy (non-hydrogen) atoms. The summed E-state index contributed by atoms with van der Waals surface area (Å²) in [6, 6.07) is 0. The van der Waals surface area contributed by atoms with Crippen LogP contribution in [-0.4, -0.2) is 23.9 Å². The molecular formula is C6H11NO3. The van der Waals surface area contributed by atoms with Crippen LogP contribution in [0.4, 0.5) is 0 Å². The minimum atomic E-state index is -0.800.